The topological polar surface area (TPSA) is 65.0 Å². The highest BCUT2D eigenvalue weighted by molar-refractivity contribution is 6.36. The fourth-order valence-electron chi connectivity index (χ4n) is 0.639. The van der Waals surface area contributed by atoms with Gasteiger partial charge in [-0.05, 0) is 6.42 Å². The molecule has 0 saturated carbocycles. The first kappa shape index (κ1) is 16.7. The van der Waals surface area contributed by atoms with E-state index in [0.29, 0.717) is 0 Å². The fourth-order valence-corrected chi connectivity index (χ4v) is 1.22. The van der Waals surface area contributed by atoms with Gasteiger partial charge < -0.3 is 18.4 Å². The van der Waals surface area contributed by atoms with Crippen molar-refractivity contribution in [2.45, 2.75) is 19.8 Å². The number of allylic oxidation sites excluding steroid dienone is 1. The molecule has 0 heterocycles. The number of hydrogen-bond acceptors (Lipinski definition) is 4. The average Bonchev–Trinajstić information content (AvgIpc) is 2.21. The van der Waals surface area contributed by atoms with Gasteiger partial charge in [0.25, 0.3) is 0 Å². The van der Waals surface area contributed by atoms with Gasteiger partial charge >= 0.3 is 15.5 Å². The monoisotopic (exact) mass is 236 g/mol. The van der Waals surface area contributed by atoms with Crippen molar-refractivity contribution in [3.05, 3.63) is 12.2 Å². The molecule has 6 heteroatoms. The van der Waals surface area contributed by atoms with Gasteiger partial charge in [-0.3, -0.25) is 0 Å². The summed E-state index contributed by atoms with van der Waals surface area (Å²) >= 11 is 0. The van der Waals surface area contributed by atoms with Crippen molar-refractivity contribution in [1.82, 2.24) is 0 Å². The molecule has 0 fully saturated rings. The summed E-state index contributed by atoms with van der Waals surface area (Å²) in [6.45, 7) is 2.01. The Morgan fingerprint density at radius 2 is 1.73 bits per heavy atom. The predicted molar refractivity (Wildman–Crippen MR) is 59.9 cm³/mol. The van der Waals surface area contributed by atoms with Crippen LogP contribution in [0.25, 0.3) is 0 Å². The molecule has 15 heavy (non-hydrogen) atoms. The largest absolute Gasteiger partial charge is 0.483 e. The quantitative estimate of drug-likeness (QED) is 0.552. The molecule has 5 nitrogen and oxygen atoms in total. The molecule has 0 radical (unpaired) electrons. The summed E-state index contributed by atoms with van der Waals surface area (Å²) in [6, 6.07) is 0. The minimum absolute atomic E-state index is 0.853. The Bertz CT molecular complexity index is 162. The summed E-state index contributed by atoms with van der Waals surface area (Å²) in [7, 11) is 3.05. The van der Waals surface area contributed by atoms with Crippen LogP contribution >= 0.6 is 0 Å². The highest BCUT2D eigenvalue weighted by atomic mass is 28.3. The van der Waals surface area contributed by atoms with Crippen molar-refractivity contribution < 1.29 is 23.2 Å². The lowest BCUT2D eigenvalue weighted by atomic mass is 10.3. The number of carboxylic acids is 1. The molecule has 0 bridgehead atoms. The van der Waals surface area contributed by atoms with Crippen molar-refractivity contribution in [2.75, 3.05) is 21.3 Å². The lowest BCUT2D eigenvalue weighted by molar-refractivity contribution is -0.131. The Labute approximate surface area is 92.6 Å². The zero-order valence-electron chi connectivity index (χ0n) is 9.73. The molecular weight excluding hydrogens is 216 g/mol. The molecule has 0 spiro atoms. The Morgan fingerprint density at radius 1 is 1.27 bits per heavy atom. The number of carbonyl (C=O) groups is 1. The lowest BCUT2D eigenvalue weighted by Crippen LogP contribution is -2.21. The van der Waals surface area contributed by atoms with Crippen LogP contribution in [0.4, 0.5) is 0 Å². The number of hydrogen-bond donors (Lipinski definition) is 1. The van der Waals surface area contributed by atoms with E-state index in [9.17, 15) is 4.79 Å². The van der Waals surface area contributed by atoms with E-state index in [2.05, 4.69) is 0 Å². The summed E-state index contributed by atoms with van der Waals surface area (Å²) in [6.07, 6.45) is 4.68. The molecule has 0 unspecified atom stereocenters. The molecule has 0 amide bonds. The SMILES string of the molecule is CCCC=CC(=O)O.CO[SiH](OC)OC. The van der Waals surface area contributed by atoms with Crippen LogP contribution in [-0.4, -0.2) is 41.9 Å². The third-order valence-electron chi connectivity index (χ3n) is 1.29. The first-order valence-corrected chi connectivity index (χ1v) is 6.01. The molecule has 0 rings (SSSR count). The Kier molecular flexibility index (Phi) is 14.8. The zero-order chi connectivity index (χ0) is 12.1. The van der Waals surface area contributed by atoms with E-state index < -0.39 is 15.5 Å². The molecule has 0 atom stereocenters. The molecule has 0 aliphatic rings. The molecule has 0 aliphatic carbocycles. The maximum atomic E-state index is 9.79. The average molecular weight is 236 g/mol. The van der Waals surface area contributed by atoms with E-state index in [4.69, 9.17) is 18.4 Å². The van der Waals surface area contributed by atoms with Crippen molar-refractivity contribution in [1.29, 1.82) is 0 Å². The fraction of sp³-hybridized carbons (Fsp3) is 0.667. The summed E-state index contributed by atoms with van der Waals surface area (Å²) in [5, 5.41) is 8.05. The second-order valence-electron chi connectivity index (χ2n) is 2.53. The first-order chi connectivity index (χ1) is 7.12. The van der Waals surface area contributed by atoms with Gasteiger partial charge in [-0.2, -0.15) is 0 Å². The van der Waals surface area contributed by atoms with Gasteiger partial charge in [-0.15, -0.1) is 0 Å². The third-order valence-corrected chi connectivity index (χ3v) is 2.45. The van der Waals surface area contributed by atoms with Gasteiger partial charge in [0.05, 0.1) is 0 Å². The lowest BCUT2D eigenvalue weighted by Gasteiger charge is -2.05. The van der Waals surface area contributed by atoms with E-state index >= 15 is 0 Å². The van der Waals surface area contributed by atoms with Crippen molar-refractivity contribution >= 4 is 15.5 Å². The van der Waals surface area contributed by atoms with Crippen LogP contribution in [0.2, 0.25) is 0 Å². The minimum atomic E-state index is -1.67. The van der Waals surface area contributed by atoms with Crippen LogP contribution in [0.15, 0.2) is 12.2 Å². The molecule has 90 valence electrons. The van der Waals surface area contributed by atoms with E-state index in [0.717, 1.165) is 12.8 Å². The predicted octanol–water partition coefficient (Wildman–Crippen LogP) is 1.07. The number of unbranched alkanes of at least 4 members (excludes halogenated alkanes) is 1. The van der Waals surface area contributed by atoms with E-state index in [1.807, 2.05) is 6.92 Å². The van der Waals surface area contributed by atoms with Gasteiger partial charge in [0.2, 0.25) is 0 Å². The molecular formula is C9H20O5Si. The minimum Gasteiger partial charge on any atom is -0.478 e. The second-order valence-corrected chi connectivity index (χ2v) is 4.52. The second kappa shape index (κ2) is 13.3. The summed E-state index contributed by atoms with van der Waals surface area (Å²) in [5.74, 6) is -0.863. The number of rotatable bonds is 6. The third kappa shape index (κ3) is 16.0. The highest BCUT2D eigenvalue weighted by Gasteiger charge is 2.04. The smallest absolute Gasteiger partial charge is 0.478 e. The summed E-state index contributed by atoms with van der Waals surface area (Å²) in [4.78, 5) is 9.79. The Morgan fingerprint density at radius 3 is 1.93 bits per heavy atom. The van der Waals surface area contributed by atoms with Crippen LogP contribution in [0, 0.1) is 0 Å². The molecule has 0 aliphatic heterocycles. The molecule has 1 N–H and O–H groups in total. The van der Waals surface area contributed by atoms with Crippen LogP contribution in [0.1, 0.15) is 19.8 Å². The van der Waals surface area contributed by atoms with Crippen LogP contribution in [-0.2, 0) is 18.1 Å². The number of aliphatic carboxylic acids is 1. The van der Waals surface area contributed by atoms with Crippen molar-refractivity contribution in [2.24, 2.45) is 0 Å². The number of carboxylic acid groups (broad SMARTS) is 1. The molecule has 0 saturated heterocycles. The zero-order valence-corrected chi connectivity index (χ0v) is 10.9. The van der Waals surface area contributed by atoms with Crippen LogP contribution in [0.3, 0.4) is 0 Å². The first-order valence-electron chi connectivity index (χ1n) is 4.60. The van der Waals surface area contributed by atoms with Crippen molar-refractivity contribution in [3.8, 4) is 0 Å². The summed E-state index contributed by atoms with van der Waals surface area (Å²) < 4.78 is 14.2. The summed E-state index contributed by atoms with van der Waals surface area (Å²) in [5.41, 5.74) is 0. The standard InChI is InChI=1S/C6H10O2.C3H10O3Si/c1-2-3-4-5-6(7)8;1-4-7(5-2)6-3/h4-5H,2-3H2,1H3,(H,7,8);7H,1-3H3. The van der Waals surface area contributed by atoms with Crippen molar-refractivity contribution in [3.63, 3.8) is 0 Å². The Balaban J connectivity index is 0. The van der Waals surface area contributed by atoms with Crippen LogP contribution < -0.4 is 0 Å². The van der Waals surface area contributed by atoms with E-state index in [-0.39, 0.29) is 0 Å². The van der Waals surface area contributed by atoms with Gasteiger partial charge in [0.15, 0.2) is 0 Å². The highest BCUT2D eigenvalue weighted by Crippen LogP contribution is 1.86. The van der Waals surface area contributed by atoms with Crippen LogP contribution in [0.5, 0.6) is 0 Å². The van der Waals surface area contributed by atoms with Gasteiger partial charge in [-0.1, -0.05) is 19.4 Å². The van der Waals surface area contributed by atoms with E-state index in [1.54, 1.807) is 27.4 Å². The normalized spacial score (nSPS) is 10.2. The molecule has 0 aromatic rings. The van der Waals surface area contributed by atoms with Gasteiger partial charge in [0, 0.05) is 27.4 Å². The van der Waals surface area contributed by atoms with E-state index in [1.165, 1.54) is 6.08 Å². The Hall–Kier alpha value is -0.693. The molecule has 0 aromatic carbocycles. The van der Waals surface area contributed by atoms with Gasteiger partial charge in [0.1, 0.15) is 0 Å². The van der Waals surface area contributed by atoms with Gasteiger partial charge in [-0.25, -0.2) is 4.79 Å². The maximum absolute atomic E-state index is 9.79. The maximum Gasteiger partial charge on any atom is 0.483 e. The molecule has 0 aromatic heterocycles.